The van der Waals surface area contributed by atoms with Crippen LogP contribution in [0.2, 0.25) is 0 Å². The molecular weight excluding hydrogens is 490 g/mol. The Bertz CT molecular complexity index is 1180. The van der Waals surface area contributed by atoms with Gasteiger partial charge in [-0.05, 0) is 60.7 Å². The molecule has 1 N–H and O–H groups in total. The van der Waals surface area contributed by atoms with Crippen molar-refractivity contribution in [2.75, 3.05) is 48.2 Å². The Hall–Kier alpha value is -3.72. The Morgan fingerprint density at radius 2 is 1.66 bits per heavy atom. The van der Waals surface area contributed by atoms with Crippen LogP contribution in [0, 0.1) is 12.8 Å². The molecule has 0 unspecified atom stereocenters. The number of aryl methyl sites for hydroxylation is 1. The quantitative estimate of drug-likeness (QED) is 0.186. The number of carbonyl (C=O) groups excluding carboxylic acids is 2. The molecule has 1 atom stereocenters. The van der Waals surface area contributed by atoms with E-state index in [1.807, 2.05) is 6.92 Å². The van der Waals surface area contributed by atoms with Crippen molar-refractivity contribution in [3.05, 3.63) is 52.6 Å². The van der Waals surface area contributed by atoms with Gasteiger partial charge in [0.2, 0.25) is 5.75 Å². The van der Waals surface area contributed by atoms with Gasteiger partial charge in [-0.1, -0.05) is 13.8 Å². The molecule has 1 fully saturated rings. The van der Waals surface area contributed by atoms with Crippen LogP contribution in [0.3, 0.4) is 0 Å². The first kappa shape index (κ1) is 28.8. The highest BCUT2D eigenvalue weighted by Gasteiger charge is 2.46. The van der Waals surface area contributed by atoms with Gasteiger partial charge in [-0.3, -0.25) is 9.59 Å². The Morgan fingerprint density at radius 1 is 1.00 bits per heavy atom. The average molecular weight is 528 g/mol. The minimum Gasteiger partial charge on any atom is -0.507 e. The highest BCUT2D eigenvalue weighted by molar-refractivity contribution is 6.46. The first-order valence-electron chi connectivity index (χ1n) is 12.5. The van der Waals surface area contributed by atoms with E-state index < -0.39 is 17.7 Å². The number of ether oxygens (including phenoxy) is 5. The molecule has 1 aliphatic heterocycles. The predicted octanol–water partition coefficient (Wildman–Crippen LogP) is 4.51. The summed E-state index contributed by atoms with van der Waals surface area (Å²) in [7, 11) is 6.04. The molecule has 1 aliphatic rings. The third-order valence-corrected chi connectivity index (χ3v) is 6.33. The van der Waals surface area contributed by atoms with Gasteiger partial charge in [0.1, 0.15) is 11.5 Å². The minimum atomic E-state index is -0.878. The number of hydrogen-bond donors (Lipinski definition) is 1. The van der Waals surface area contributed by atoms with E-state index >= 15 is 0 Å². The largest absolute Gasteiger partial charge is 0.507 e. The maximum absolute atomic E-state index is 13.4. The number of aliphatic hydroxyl groups excluding tert-OH is 1. The van der Waals surface area contributed by atoms with Gasteiger partial charge in [-0.2, -0.15) is 0 Å². The number of Topliss-reactive ketones (excluding diaryl/α,β-unsaturated/α-hetero) is 1. The molecular formula is C29H37NO8. The highest BCUT2D eigenvalue weighted by atomic mass is 16.5. The summed E-state index contributed by atoms with van der Waals surface area (Å²) in [6.45, 7) is 7.14. The lowest BCUT2D eigenvalue weighted by atomic mass is 9.93. The number of rotatable bonds is 12. The molecule has 0 aromatic heterocycles. The fourth-order valence-electron chi connectivity index (χ4n) is 4.50. The Balaban J connectivity index is 2.18. The van der Waals surface area contributed by atoms with Crippen LogP contribution in [-0.4, -0.2) is 69.9 Å². The van der Waals surface area contributed by atoms with Crippen molar-refractivity contribution in [3.63, 3.8) is 0 Å². The fraction of sp³-hybridized carbons (Fsp3) is 0.448. The average Bonchev–Trinajstić information content (AvgIpc) is 3.15. The molecule has 1 saturated heterocycles. The van der Waals surface area contributed by atoms with Crippen molar-refractivity contribution in [1.29, 1.82) is 0 Å². The molecule has 0 bridgehead atoms. The van der Waals surface area contributed by atoms with Crippen LogP contribution in [0.5, 0.6) is 23.0 Å². The van der Waals surface area contributed by atoms with Gasteiger partial charge in [-0.15, -0.1) is 0 Å². The number of ketones is 1. The van der Waals surface area contributed by atoms with Crippen LogP contribution >= 0.6 is 0 Å². The number of nitrogens with zero attached hydrogens (tertiary/aromatic N) is 1. The Kier molecular flexibility index (Phi) is 9.63. The van der Waals surface area contributed by atoms with E-state index in [0.29, 0.717) is 65.2 Å². The SMILES string of the molecule is COCCCN1C(=O)C(=O)/C(=C(/O)c2ccc(OCC(C)C)cc2C)[C@H]1c1cc(OC)c(OC)c(OC)c1. The Morgan fingerprint density at radius 3 is 2.18 bits per heavy atom. The van der Waals surface area contributed by atoms with Crippen LogP contribution < -0.4 is 18.9 Å². The number of carbonyl (C=O) groups is 2. The van der Waals surface area contributed by atoms with Crippen LogP contribution in [0.15, 0.2) is 35.9 Å². The summed E-state index contributed by atoms with van der Waals surface area (Å²) >= 11 is 0. The number of amides is 1. The molecule has 9 nitrogen and oxygen atoms in total. The standard InChI is InChI=1S/C29H37NO8/c1-17(2)16-38-20-9-10-21(18(3)13-20)26(31)24-25(30(11-8-12-34-4)29(33)27(24)32)19-14-22(35-5)28(37-7)23(15-19)36-6/h9-10,13-15,17,25,31H,8,11-12,16H2,1-7H3/b26-24+/t25-/m1/s1. The fourth-order valence-corrected chi connectivity index (χ4v) is 4.50. The predicted molar refractivity (Wildman–Crippen MR) is 143 cm³/mol. The second-order valence-corrected chi connectivity index (χ2v) is 9.48. The molecule has 0 saturated carbocycles. The molecule has 2 aromatic rings. The third kappa shape index (κ3) is 5.88. The summed E-state index contributed by atoms with van der Waals surface area (Å²) < 4.78 is 27.4. The molecule has 0 radical (unpaired) electrons. The first-order chi connectivity index (χ1) is 18.2. The van der Waals surface area contributed by atoms with E-state index in [1.165, 1.54) is 26.2 Å². The van der Waals surface area contributed by atoms with Gasteiger partial charge in [0, 0.05) is 25.8 Å². The lowest BCUT2D eigenvalue weighted by molar-refractivity contribution is -0.140. The molecule has 3 rings (SSSR count). The molecule has 2 aromatic carbocycles. The summed E-state index contributed by atoms with van der Waals surface area (Å²) in [5.74, 6) is 0.408. The van der Waals surface area contributed by atoms with Crippen LogP contribution in [0.1, 0.15) is 43.0 Å². The van der Waals surface area contributed by atoms with E-state index in [-0.39, 0.29) is 17.9 Å². The van der Waals surface area contributed by atoms with Crippen molar-refractivity contribution < 1.29 is 38.4 Å². The second kappa shape index (κ2) is 12.7. The van der Waals surface area contributed by atoms with Crippen molar-refractivity contribution in [1.82, 2.24) is 4.90 Å². The zero-order valence-corrected chi connectivity index (χ0v) is 23.1. The van der Waals surface area contributed by atoms with Gasteiger partial charge in [-0.25, -0.2) is 0 Å². The van der Waals surface area contributed by atoms with Crippen molar-refractivity contribution in [2.45, 2.75) is 33.2 Å². The number of benzene rings is 2. The number of methoxy groups -OCH3 is 4. The van der Waals surface area contributed by atoms with Crippen molar-refractivity contribution in [3.8, 4) is 23.0 Å². The van der Waals surface area contributed by atoms with E-state index in [0.717, 1.165) is 0 Å². The smallest absolute Gasteiger partial charge is 0.295 e. The van der Waals surface area contributed by atoms with Crippen LogP contribution in [0.25, 0.3) is 5.76 Å². The van der Waals surface area contributed by atoms with Crippen LogP contribution in [-0.2, 0) is 14.3 Å². The zero-order chi connectivity index (χ0) is 28.0. The highest BCUT2D eigenvalue weighted by Crippen LogP contribution is 2.46. The molecule has 1 heterocycles. The topological polar surface area (TPSA) is 104 Å². The summed E-state index contributed by atoms with van der Waals surface area (Å²) in [5.41, 5.74) is 1.67. The van der Waals surface area contributed by atoms with Gasteiger partial charge in [0.25, 0.3) is 11.7 Å². The van der Waals surface area contributed by atoms with E-state index in [4.69, 9.17) is 23.7 Å². The molecule has 1 amide bonds. The van der Waals surface area contributed by atoms with Crippen molar-refractivity contribution >= 4 is 17.4 Å². The molecule has 38 heavy (non-hydrogen) atoms. The lowest BCUT2D eigenvalue weighted by Crippen LogP contribution is -2.31. The lowest BCUT2D eigenvalue weighted by Gasteiger charge is -2.26. The summed E-state index contributed by atoms with van der Waals surface area (Å²) in [4.78, 5) is 28.1. The zero-order valence-electron chi connectivity index (χ0n) is 23.1. The van der Waals surface area contributed by atoms with E-state index in [9.17, 15) is 14.7 Å². The second-order valence-electron chi connectivity index (χ2n) is 9.48. The van der Waals surface area contributed by atoms with Gasteiger partial charge < -0.3 is 33.7 Å². The monoisotopic (exact) mass is 527 g/mol. The maximum atomic E-state index is 13.4. The molecule has 9 heteroatoms. The third-order valence-electron chi connectivity index (χ3n) is 6.33. The Labute approximate surface area is 223 Å². The molecule has 206 valence electrons. The summed E-state index contributed by atoms with van der Waals surface area (Å²) in [6.07, 6.45) is 0.505. The minimum absolute atomic E-state index is 0.0133. The normalized spacial score (nSPS) is 16.7. The van der Waals surface area contributed by atoms with E-state index in [1.54, 1.807) is 37.4 Å². The molecule has 0 aliphatic carbocycles. The maximum Gasteiger partial charge on any atom is 0.295 e. The summed E-state index contributed by atoms with van der Waals surface area (Å²) in [5, 5.41) is 11.5. The summed E-state index contributed by atoms with van der Waals surface area (Å²) in [6, 6.07) is 7.74. The number of hydrogen-bond acceptors (Lipinski definition) is 8. The van der Waals surface area contributed by atoms with Crippen LogP contribution in [0.4, 0.5) is 0 Å². The van der Waals surface area contributed by atoms with E-state index in [2.05, 4.69) is 13.8 Å². The van der Waals surface area contributed by atoms with Gasteiger partial charge in [0.05, 0.1) is 39.6 Å². The number of likely N-dealkylation sites (tertiary alicyclic amines) is 1. The molecule has 0 spiro atoms. The first-order valence-corrected chi connectivity index (χ1v) is 12.5. The number of aliphatic hydroxyl groups is 1. The van der Waals surface area contributed by atoms with Gasteiger partial charge >= 0.3 is 0 Å². The van der Waals surface area contributed by atoms with Gasteiger partial charge in [0.15, 0.2) is 11.5 Å². The van der Waals surface area contributed by atoms with Crippen molar-refractivity contribution in [2.24, 2.45) is 5.92 Å².